The summed E-state index contributed by atoms with van der Waals surface area (Å²) in [6, 6.07) is 5.23. The number of hydrogen-bond donors (Lipinski definition) is 2. The number of aromatic hydroxyl groups is 1. The van der Waals surface area contributed by atoms with Gasteiger partial charge in [0.2, 0.25) is 0 Å². The number of ether oxygens (including phenoxy) is 1. The molecule has 0 aliphatic rings. The van der Waals surface area contributed by atoms with Gasteiger partial charge in [0.1, 0.15) is 17.3 Å². The number of phenolic OH excluding ortho intramolecular Hbond substituents is 1. The maximum Gasteiger partial charge on any atom is 0.336 e. The average molecular weight is 332 g/mol. The summed E-state index contributed by atoms with van der Waals surface area (Å²) in [4.78, 5) is 35.2. The van der Waals surface area contributed by atoms with E-state index >= 15 is 0 Å². The van der Waals surface area contributed by atoms with Crippen LogP contribution in [0, 0.1) is 0 Å². The van der Waals surface area contributed by atoms with Crippen molar-refractivity contribution in [2.75, 3.05) is 6.61 Å². The fourth-order valence-electron chi connectivity index (χ4n) is 2.27. The van der Waals surface area contributed by atoms with Crippen LogP contribution in [0.15, 0.2) is 45.1 Å². The monoisotopic (exact) mass is 332 g/mol. The van der Waals surface area contributed by atoms with Crippen LogP contribution in [0.1, 0.15) is 25.3 Å². The topological polar surface area (TPSA) is 114 Å². The Labute approximate surface area is 136 Å². The van der Waals surface area contributed by atoms with Gasteiger partial charge in [-0.1, -0.05) is 6.08 Å². The molecule has 24 heavy (non-hydrogen) atoms. The SMILES string of the molecule is CCOC(=O)C(C=C(C)C(=O)O)c1cc(=O)oc2cc(O)ccc12. The van der Waals surface area contributed by atoms with E-state index in [9.17, 15) is 19.5 Å². The summed E-state index contributed by atoms with van der Waals surface area (Å²) in [5.74, 6) is -3.06. The van der Waals surface area contributed by atoms with Crippen LogP contribution in [0.5, 0.6) is 5.75 Å². The third-order valence-corrected chi connectivity index (χ3v) is 3.39. The smallest absolute Gasteiger partial charge is 0.336 e. The van der Waals surface area contributed by atoms with Gasteiger partial charge in [-0.15, -0.1) is 0 Å². The van der Waals surface area contributed by atoms with E-state index in [1.807, 2.05) is 0 Å². The number of carboxylic acids is 1. The molecule has 0 amide bonds. The number of carbonyl (C=O) groups is 2. The number of esters is 1. The van der Waals surface area contributed by atoms with Crippen LogP contribution in [-0.4, -0.2) is 28.8 Å². The highest BCUT2D eigenvalue weighted by molar-refractivity contribution is 5.92. The zero-order valence-corrected chi connectivity index (χ0v) is 13.1. The quantitative estimate of drug-likeness (QED) is 0.490. The summed E-state index contributed by atoms with van der Waals surface area (Å²) >= 11 is 0. The van der Waals surface area contributed by atoms with Crippen molar-refractivity contribution >= 4 is 22.9 Å². The molecule has 1 atom stereocenters. The van der Waals surface area contributed by atoms with Crippen molar-refractivity contribution in [3.63, 3.8) is 0 Å². The molecule has 0 aliphatic carbocycles. The van der Waals surface area contributed by atoms with E-state index in [1.165, 1.54) is 31.2 Å². The van der Waals surface area contributed by atoms with Gasteiger partial charge in [0.05, 0.1) is 6.61 Å². The van der Waals surface area contributed by atoms with Crippen molar-refractivity contribution in [3.8, 4) is 5.75 Å². The van der Waals surface area contributed by atoms with Crippen molar-refractivity contribution in [1.29, 1.82) is 0 Å². The highest BCUT2D eigenvalue weighted by atomic mass is 16.5. The average Bonchev–Trinajstić information content (AvgIpc) is 2.51. The van der Waals surface area contributed by atoms with E-state index in [-0.39, 0.29) is 29.1 Å². The van der Waals surface area contributed by atoms with Crippen LogP contribution in [-0.2, 0) is 14.3 Å². The second-order valence-corrected chi connectivity index (χ2v) is 5.09. The third-order valence-electron chi connectivity index (χ3n) is 3.39. The van der Waals surface area contributed by atoms with Crippen molar-refractivity contribution in [1.82, 2.24) is 0 Å². The van der Waals surface area contributed by atoms with Crippen molar-refractivity contribution in [2.24, 2.45) is 0 Å². The van der Waals surface area contributed by atoms with Gasteiger partial charge in [-0.05, 0) is 31.5 Å². The lowest BCUT2D eigenvalue weighted by Crippen LogP contribution is -2.17. The Bertz CT molecular complexity index is 876. The van der Waals surface area contributed by atoms with E-state index < -0.39 is 23.5 Å². The van der Waals surface area contributed by atoms with Crippen LogP contribution in [0.25, 0.3) is 11.0 Å². The minimum Gasteiger partial charge on any atom is -0.508 e. The van der Waals surface area contributed by atoms with Gasteiger partial charge < -0.3 is 19.4 Å². The fraction of sp³-hybridized carbons (Fsp3) is 0.235. The maximum atomic E-state index is 12.3. The van der Waals surface area contributed by atoms with Gasteiger partial charge in [-0.3, -0.25) is 4.79 Å². The molecule has 126 valence electrons. The first-order valence-corrected chi connectivity index (χ1v) is 7.18. The van der Waals surface area contributed by atoms with Gasteiger partial charge in [0.25, 0.3) is 0 Å². The Morgan fingerprint density at radius 3 is 2.67 bits per heavy atom. The number of hydrogen-bond acceptors (Lipinski definition) is 6. The Hall–Kier alpha value is -3.09. The molecule has 1 aromatic heterocycles. The minimum atomic E-state index is -1.19. The standard InChI is InChI=1S/C17H16O7/c1-3-23-17(22)13(6-9(2)16(20)21)12-8-15(19)24-14-7-10(18)4-5-11(12)14/h4-8,13,18H,3H2,1-2H3,(H,20,21). The Morgan fingerprint density at radius 1 is 1.33 bits per heavy atom. The van der Waals surface area contributed by atoms with E-state index in [1.54, 1.807) is 6.92 Å². The Kier molecular flexibility index (Phi) is 5.03. The van der Waals surface area contributed by atoms with E-state index in [0.717, 1.165) is 6.07 Å². The molecule has 2 N–H and O–H groups in total. The Balaban J connectivity index is 2.72. The number of carboxylic acid groups (broad SMARTS) is 1. The van der Waals surface area contributed by atoms with E-state index in [2.05, 4.69) is 0 Å². The normalized spacial score (nSPS) is 12.8. The van der Waals surface area contributed by atoms with Gasteiger partial charge in [0, 0.05) is 23.1 Å². The van der Waals surface area contributed by atoms with Crippen LogP contribution in [0.4, 0.5) is 0 Å². The highest BCUT2D eigenvalue weighted by Crippen LogP contribution is 2.29. The van der Waals surface area contributed by atoms with Crippen molar-refractivity contribution < 1.29 is 29.0 Å². The first-order chi connectivity index (χ1) is 11.3. The lowest BCUT2D eigenvalue weighted by molar-refractivity contribution is -0.143. The third kappa shape index (κ3) is 3.62. The summed E-state index contributed by atoms with van der Waals surface area (Å²) in [6.45, 7) is 3.07. The molecule has 0 fully saturated rings. The molecule has 0 spiro atoms. The summed E-state index contributed by atoms with van der Waals surface area (Å²) < 4.78 is 10.0. The van der Waals surface area contributed by atoms with Crippen LogP contribution in [0.2, 0.25) is 0 Å². The first kappa shape index (κ1) is 17.3. The Morgan fingerprint density at radius 2 is 2.04 bits per heavy atom. The van der Waals surface area contributed by atoms with E-state index in [0.29, 0.717) is 5.39 Å². The van der Waals surface area contributed by atoms with Crippen LogP contribution >= 0.6 is 0 Å². The van der Waals surface area contributed by atoms with Crippen LogP contribution < -0.4 is 5.63 Å². The lowest BCUT2D eigenvalue weighted by atomic mass is 9.94. The number of carbonyl (C=O) groups excluding carboxylic acids is 1. The van der Waals surface area contributed by atoms with Gasteiger partial charge in [-0.2, -0.15) is 0 Å². The predicted octanol–water partition coefficient (Wildman–Crippen LogP) is 2.18. The largest absolute Gasteiger partial charge is 0.508 e. The molecule has 0 aliphatic heterocycles. The number of benzene rings is 1. The number of aliphatic carboxylic acids is 1. The predicted molar refractivity (Wildman–Crippen MR) is 84.9 cm³/mol. The molecule has 2 rings (SSSR count). The van der Waals surface area contributed by atoms with Gasteiger partial charge in [-0.25, -0.2) is 9.59 Å². The molecule has 1 unspecified atom stereocenters. The molecule has 1 aromatic carbocycles. The number of fused-ring (bicyclic) bond motifs is 1. The highest BCUT2D eigenvalue weighted by Gasteiger charge is 2.24. The van der Waals surface area contributed by atoms with Crippen molar-refractivity contribution in [3.05, 3.63) is 51.9 Å². The molecule has 0 radical (unpaired) electrons. The molecular weight excluding hydrogens is 316 g/mol. The second-order valence-electron chi connectivity index (χ2n) is 5.09. The summed E-state index contributed by atoms with van der Waals surface area (Å²) in [5.41, 5.74) is -0.444. The van der Waals surface area contributed by atoms with Crippen molar-refractivity contribution in [2.45, 2.75) is 19.8 Å². The molecule has 0 bridgehead atoms. The fourth-order valence-corrected chi connectivity index (χ4v) is 2.27. The van der Waals surface area contributed by atoms with E-state index in [4.69, 9.17) is 14.3 Å². The molecule has 2 aromatic rings. The van der Waals surface area contributed by atoms with Crippen LogP contribution in [0.3, 0.4) is 0 Å². The molecule has 7 heteroatoms. The maximum absolute atomic E-state index is 12.3. The van der Waals surface area contributed by atoms with Gasteiger partial charge >= 0.3 is 17.6 Å². The number of phenols is 1. The zero-order valence-electron chi connectivity index (χ0n) is 13.1. The summed E-state index contributed by atoms with van der Waals surface area (Å²) in [7, 11) is 0. The first-order valence-electron chi connectivity index (χ1n) is 7.18. The molecular formula is C17H16O7. The summed E-state index contributed by atoms with van der Waals surface area (Å²) in [6.07, 6.45) is 1.22. The molecule has 1 heterocycles. The number of rotatable bonds is 5. The zero-order chi connectivity index (χ0) is 17.9. The summed E-state index contributed by atoms with van der Waals surface area (Å²) in [5, 5.41) is 19.0. The molecule has 0 saturated heterocycles. The second kappa shape index (κ2) is 6.99. The van der Waals surface area contributed by atoms with Gasteiger partial charge in [0.15, 0.2) is 0 Å². The molecule has 7 nitrogen and oxygen atoms in total. The lowest BCUT2D eigenvalue weighted by Gasteiger charge is -2.14. The minimum absolute atomic E-state index is 0.0618. The molecule has 0 saturated carbocycles.